The fourth-order valence-electron chi connectivity index (χ4n) is 2.00. The molecule has 0 aliphatic rings. The van der Waals surface area contributed by atoms with Crippen molar-refractivity contribution in [3.63, 3.8) is 0 Å². The molecule has 1 aromatic heterocycles. The molecule has 1 aromatic rings. The number of esters is 1. The highest BCUT2D eigenvalue weighted by molar-refractivity contribution is 5.65. The largest absolute Gasteiger partial charge is 0.493 e. The Bertz CT molecular complexity index is 481. The lowest BCUT2D eigenvalue weighted by molar-refractivity contribution is -0.141. The van der Waals surface area contributed by atoms with Crippen LogP contribution in [-0.2, 0) is 9.53 Å². The van der Waals surface area contributed by atoms with Crippen molar-refractivity contribution < 1.29 is 14.3 Å². The number of carbonyl (C=O) groups excluding carboxylic acids is 1. The van der Waals surface area contributed by atoms with Crippen molar-refractivity contribution in [1.29, 1.82) is 0 Å². The minimum atomic E-state index is -0.206. The van der Waals surface area contributed by atoms with Crippen LogP contribution in [0.2, 0.25) is 0 Å². The van der Waals surface area contributed by atoms with Crippen molar-refractivity contribution in [2.24, 2.45) is 0 Å². The summed E-state index contributed by atoms with van der Waals surface area (Å²) >= 11 is 0. The number of H-pyrrole nitrogens is 1. The quantitative estimate of drug-likeness (QED) is 0.532. The van der Waals surface area contributed by atoms with Gasteiger partial charge in [-0.2, -0.15) is 0 Å². The number of unbranched alkanes of at least 4 members (excludes halogenated alkanes) is 5. The van der Waals surface area contributed by atoms with E-state index in [4.69, 9.17) is 9.47 Å². The molecule has 0 amide bonds. The summed E-state index contributed by atoms with van der Waals surface area (Å²) in [7, 11) is 0. The molecule has 0 saturated heterocycles. The maximum atomic E-state index is 11.4. The molecule has 0 aromatic carbocycles. The van der Waals surface area contributed by atoms with Gasteiger partial charge in [-0.1, -0.05) is 25.7 Å². The lowest BCUT2D eigenvalue weighted by Gasteiger charge is -2.08. The fourth-order valence-corrected chi connectivity index (χ4v) is 2.00. The average molecular weight is 295 g/mol. The number of pyridine rings is 1. The van der Waals surface area contributed by atoms with E-state index in [1.807, 2.05) is 0 Å². The highest BCUT2D eigenvalue weighted by Gasteiger charge is 2.02. The fraction of sp³-hybridized carbons (Fsp3) is 0.625. The van der Waals surface area contributed by atoms with Crippen LogP contribution in [0, 0.1) is 6.92 Å². The summed E-state index contributed by atoms with van der Waals surface area (Å²) < 4.78 is 10.5. The minimum Gasteiger partial charge on any atom is -0.493 e. The molecule has 5 heteroatoms. The van der Waals surface area contributed by atoms with Gasteiger partial charge in [0.25, 0.3) is 5.56 Å². The first-order valence-corrected chi connectivity index (χ1v) is 7.55. The van der Waals surface area contributed by atoms with Crippen LogP contribution in [0.15, 0.2) is 17.1 Å². The van der Waals surface area contributed by atoms with Gasteiger partial charge in [-0.05, 0) is 25.8 Å². The van der Waals surface area contributed by atoms with Crippen LogP contribution >= 0.6 is 0 Å². The van der Waals surface area contributed by atoms with Crippen LogP contribution in [0.4, 0.5) is 0 Å². The van der Waals surface area contributed by atoms with Gasteiger partial charge >= 0.3 is 5.97 Å². The molecule has 5 nitrogen and oxygen atoms in total. The predicted octanol–water partition coefficient (Wildman–Crippen LogP) is 2.97. The zero-order valence-electron chi connectivity index (χ0n) is 12.9. The number of ether oxygens (including phenoxy) is 2. The zero-order valence-corrected chi connectivity index (χ0v) is 12.9. The lowest BCUT2D eigenvalue weighted by atomic mass is 10.1. The van der Waals surface area contributed by atoms with Crippen LogP contribution in [0.5, 0.6) is 5.75 Å². The van der Waals surface area contributed by atoms with Gasteiger partial charge in [-0.25, -0.2) is 0 Å². The number of carbonyl (C=O) groups is 1. The van der Waals surface area contributed by atoms with E-state index in [-0.39, 0.29) is 11.5 Å². The number of aromatic amines is 1. The van der Waals surface area contributed by atoms with Gasteiger partial charge in [0.05, 0.1) is 18.8 Å². The highest BCUT2D eigenvalue weighted by atomic mass is 16.5. The van der Waals surface area contributed by atoms with Crippen LogP contribution in [0.3, 0.4) is 0 Å². The van der Waals surface area contributed by atoms with Gasteiger partial charge in [-0.3, -0.25) is 9.59 Å². The molecule has 0 atom stereocenters. The zero-order chi connectivity index (χ0) is 15.5. The Labute approximate surface area is 125 Å². The molecular weight excluding hydrogens is 270 g/mol. The monoisotopic (exact) mass is 295 g/mol. The highest BCUT2D eigenvalue weighted by Crippen LogP contribution is 2.13. The maximum absolute atomic E-state index is 11.4. The Morgan fingerprint density at radius 1 is 1.10 bits per heavy atom. The molecule has 0 bridgehead atoms. The number of aromatic nitrogens is 1. The predicted molar refractivity (Wildman–Crippen MR) is 81.6 cm³/mol. The number of hydrogen-bond donors (Lipinski definition) is 1. The smallest absolute Gasteiger partial charge is 0.302 e. The van der Waals surface area contributed by atoms with Crippen molar-refractivity contribution in [2.45, 2.75) is 52.4 Å². The Morgan fingerprint density at radius 2 is 1.71 bits per heavy atom. The summed E-state index contributed by atoms with van der Waals surface area (Å²) in [6.07, 6.45) is 8.01. The Kier molecular flexibility index (Phi) is 8.24. The van der Waals surface area contributed by atoms with E-state index in [1.165, 1.54) is 6.92 Å². The third-order valence-corrected chi connectivity index (χ3v) is 3.26. The molecule has 118 valence electrons. The second kappa shape index (κ2) is 10.0. The number of nitrogens with one attached hydrogen (secondary N) is 1. The summed E-state index contributed by atoms with van der Waals surface area (Å²) in [5, 5.41) is 0. The normalized spacial score (nSPS) is 10.4. The molecule has 0 fully saturated rings. The number of hydrogen-bond acceptors (Lipinski definition) is 4. The van der Waals surface area contributed by atoms with E-state index in [2.05, 4.69) is 4.98 Å². The molecule has 1 rings (SSSR count). The summed E-state index contributed by atoms with van der Waals surface area (Å²) in [5.41, 5.74) is 0.531. The number of rotatable bonds is 10. The third-order valence-electron chi connectivity index (χ3n) is 3.26. The lowest BCUT2D eigenvalue weighted by Crippen LogP contribution is -2.11. The molecule has 0 saturated carbocycles. The van der Waals surface area contributed by atoms with E-state index in [1.54, 1.807) is 19.2 Å². The standard InChI is InChI=1S/C16H25NO4/c1-13-15(9-10-17-16(13)19)21-12-8-6-4-3-5-7-11-20-14(2)18/h9-10H,3-8,11-12H2,1-2H3,(H,17,19). The van der Waals surface area contributed by atoms with Crippen molar-refractivity contribution >= 4 is 5.97 Å². The van der Waals surface area contributed by atoms with E-state index in [0.717, 1.165) is 38.5 Å². The second-order valence-corrected chi connectivity index (χ2v) is 5.11. The third kappa shape index (κ3) is 7.54. The molecular formula is C16H25NO4. The van der Waals surface area contributed by atoms with Crippen molar-refractivity contribution in [2.75, 3.05) is 13.2 Å². The second-order valence-electron chi connectivity index (χ2n) is 5.11. The van der Waals surface area contributed by atoms with Crippen LogP contribution < -0.4 is 10.3 Å². The van der Waals surface area contributed by atoms with E-state index in [9.17, 15) is 9.59 Å². The molecule has 1 N–H and O–H groups in total. The van der Waals surface area contributed by atoms with Crippen LogP contribution in [0.25, 0.3) is 0 Å². The first kappa shape index (κ1) is 17.3. The molecule has 1 heterocycles. The molecule has 0 spiro atoms. The van der Waals surface area contributed by atoms with Gasteiger partial charge in [0, 0.05) is 13.1 Å². The topological polar surface area (TPSA) is 68.4 Å². The van der Waals surface area contributed by atoms with Crippen molar-refractivity contribution in [3.05, 3.63) is 28.2 Å². The average Bonchev–Trinajstić information content (AvgIpc) is 2.45. The van der Waals surface area contributed by atoms with E-state index in [0.29, 0.717) is 24.5 Å². The Hall–Kier alpha value is -1.78. The van der Waals surface area contributed by atoms with Gasteiger partial charge in [0.15, 0.2) is 0 Å². The summed E-state index contributed by atoms with van der Waals surface area (Å²) in [4.78, 5) is 24.5. The Morgan fingerprint density at radius 3 is 2.38 bits per heavy atom. The van der Waals surface area contributed by atoms with Crippen molar-refractivity contribution in [1.82, 2.24) is 4.98 Å². The van der Waals surface area contributed by atoms with Gasteiger partial charge < -0.3 is 14.5 Å². The van der Waals surface area contributed by atoms with Crippen LogP contribution in [0.1, 0.15) is 51.0 Å². The van der Waals surface area contributed by atoms with Gasteiger partial charge in [-0.15, -0.1) is 0 Å². The van der Waals surface area contributed by atoms with Gasteiger partial charge in [0.2, 0.25) is 0 Å². The maximum Gasteiger partial charge on any atom is 0.302 e. The first-order chi connectivity index (χ1) is 10.1. The molecule has 21 heavy (non-hydrogen) atoms. The van der Waals surface area contributed by atoms with E-state index < -0.39 is 0 Å². The van der Waals surface area contributed by atoms with E-state index >= 15 is 0 Å². The minimum absolute atomic E-state index is 0.0970. The SMILES string of the molecule is CC(=O)OCCCCCCCCOc1cc[nH]c(=O)c1C. The summed E-state index contributed by atoms with van der Waals surface area (Å²) in [5.74, 6) is 0.460. The summed E-state index contributed by atoms with van der Waals surface area (Å²) in [6, 6.07) is 1.78. The van der Waals surface area contributed by atoms with Gasteiger partial charge in [0.1, 0.15) is 5.75 Å². The summed E-state index contributed by atoms with van der Waals surface area (Å²) in [6.45, 7) is 4.36. The Balaban J connectivity index is 1.99. The molecule has 0 unspecified atom stereocenters. The molecule has 0 radical (unpaired) electrons. The first-order valence-electron chi connectivity index (χ1n) is 7.55. The van der Waals surface area contributed by atoms with Crippen LogP contribution in [-0.4, -0.2) is 24.2 Å². The van der Waals surface area contributed by atoms with Crippen molar-refractivity contribution in [3.8, 4) is 5.75 Å². The molecule has 0 aliphatic heterocycles. The molecule has 0 aliphatic carbocycles.